The zero-order valence-electron chi connectivity index (χ0n) is 10.5. The molecule has 1 atom stereocenters. The fraction of sp³-hybridized carbons (Fsp3) is 0.455. The van der Waals surface area contributed by atoms with Crippen LogP contribution in [0, 0.1) is 10.1 Å². The minimum absolute atomic E-state index is 0.0263. The quantitative estimate of drug-likeness (QED) is 0.495. The Morgan fingerprint density at radius 1 is 1.55 bits per heavy atom. The molecule has 0 aromatic carbocycles. The number of amides is 2. The van der Waals surface area contributed by atoms with Crippen molar-refractivity contribution >= 4 is 28.2 Å². The number of nitrogens with zero attached hydrogens (tertiary/aromatic N) is 2. The van der Waals surface area contributed by atoms with Gasteiger partial charge in [-0.15, -0.1) is 5.06 Å². The van der Waals surface area contributed by atoms with E-state index in [9.17, 15) is 19.7 Å². The second kappa shape index (κ2) is 4.25. The van der Waals surface area contributed by atoms with E-state index in [1.54, 1.807) is 12.3 Å². The molecule has 20 heavy (non-hydrogen) atoms. The Kier molecular flexibility index (Phi) is 2.76. The van der Waals surface area contributed by atoms with Crippen LogP contribution in [0.5, 0.6) is 5.75 Å². The van der Waals surface area contributed by atoms with Crippen molar-refractivity contribution in [2.24, 2.45) is 0 Å². The molecule has 1 saturated heterocycles. The summed E-state index contributed by atoms with van der Waals surface area (Å²) in [5, 5.41) is 16.2. The predicted octanol–water partition coefficient (Wildman–Crippen LogP) is 0.961. The smallest absolute Gasteiger partial charge is 0.332 e. The molecule has 3 heterocycles. The minimum Gasteiger partial charge on any atom is -0.403 e. The highest BCUT2D eigenvalue weighted by molar-refractivity contribution is 7.13. The summed E-state index contributed by atoms with van der Waals surface area (Å²) < 4.78 is 0. The Balaban J connectivity index is 1.86. The van der Waals surface area contributed by atoms with E-state index in [2.05, 4.69) is 5.32 Å². The van der Waals surface area contributed by atoms with Crippen molar-refractivity contribution in [3.05, 3.63) is 21.1 Å². The standard InChI is InChI=1S/C11H11N3O5S/c1-11(3-2-8(15)12-10(11)16)13-4-6-7(19-13)5-20-9(6)14(17)18/h5H,2-4H2,1H3,(H,12,15,16)/t11-/m0/s1. The summed E-state index contributed by atoms with van der Waals surface area (Å²) in [5.74, 6) is -0.343. The first-order valence-electron chi connectivity index (χ1n) is 5.96. The maximum Gasteiger partial charge on any atom is 0.332 e. The van der Waals surface area contributed by atoms with Gasteiger partial charge in [-0.3, -0.25) is 25.0 Å². The number of rotatable bonds is 2. The molecule has 0 saturated carbocycles. The highest BCUT2D eigenvalue weighted by Gasteiger charge is 2.49. The Bertz CT molecular complexity index is 628. The van der Waals surface area contributed by atoms with E-state index in [0.717, 1.165) is 11.3 Å². The third kappa shape index (κ3) is 1.78. The largest absolute Gasteiger partial charge is 0.403 e. The van der Waals surface area contributed by atoms with E-state index in [4.69, 9.17) is 4.84 Å². The molecule has 2 amide bonds. The first-order valence-corrected chi connectivity index (χ1v) is 6.84. The predicted molar refractivity (Wildman–Crippen MR) is 67.9 cm³/mol. The van der Waals surface area contributed by atoms with Crippen molar-refractivity contribution < 1.29 is 19.3 Å². The molecular formula is C11H11N3O5S. The van der Waals surface area contributed by atoms with E-state index in [-0.39, 0.29) is 23.9 Å². The number of nitro groups is 1. The topological polar surface area (TPSA) is 102 Å². The molecule has 2 aliphatic heterocycles. The molecule has 1 fully saturated rings. The van der Waals surface area contributed by atoms with Crippen molar-refractivity contribution in [2.75, 3.05) is 0 Å². The van der Waals surface area contributed by atoms with Gasteiger partial charge in [0.25, 0.3) is 0 Å². The van der Waals surface area contributed by atoms with Gasteiger partial charge in [-0.1, -0.05) is 11.3 Å². The number of hydrogen-bond acceptors (Lipinski definition) is 7. The molecule has 0 unspecified atom stereocenters. The van der Waals surface area contributed by atoms with Crippen LogP contribution in [0.1, 0.15) is 25.3 Å². The lowest BCUT2D eigenvalue weighted by atomic mass is 9.90. The summed E-state index contributed by atoms with van der Waals surface area (Å²) in [4.78, 5) is 39.2. The van der Waals surface area contributed by atoms with Gasteiger partial charge in [-0.05, 0) is 13.3 Å². The second-order valence-corrected chi connectivity index (χ2v) is 5.78. The molecular weight excluding hydrogens is 286 g/mol. The van der Waals surface area contributed by atoms with Crippen LogP contribution in [0.15, 0.2) is 5.38 Å². The lowest BCUT2D eigenvalue weighted by Crippen LogP contribution is -2.60. The lowest BCUT2D eigenvalue weighted by molar-refractivity contribution is -0.380. The third-order valence-corrected chi connectivity index (χ3v) is 4.59. The van der Waals surface area contributed by atoms with Gasteiger partial charge in [0.05, 0.1) is 11.5 Å². The van der Waals surface area contributed by atoms with E-state index in [1.165, 1.54) is 5.06 Å². The van der Waals surface area contributed by atoms with Gasteiger partial charge < -0.3 is 4.84 Å². The van der Waals surface area contributed by atoms with Crippen molar-refractivity contribution in [3.63, 3.8) is 0 Å². The summed E-state index contributed by atoms with van der Waals surface area (Å²) in [5.41, 5.74) is -0.524. The Hall–Kier alpha value is -2.00. The summed E-state index contributed by atoms with van der Waals surface area (Å²) in [6.07, 6.45) is 0.538. The van der Waals surface area contributed by atoms with Crippen molar-refractivity contribution in [1.82, 2.24) is 10.4 Å². The lowest BCUT2D eigenvalue weighted by Gasteiger charge is -2.37. The molecule has 0 spiro atoms. The number of fused-ring (bicyclic) bond motifs is 1. The molecule has 1 aromatic heterocycles. The number of carbonyl (C=O) groups is 2. The van der Waals surface area contributed by atoms with Gasteiger partial charge in [0.1, 0.15) is 11.1 Å². The summed E-state index contributed by atoms with van der Waals surface area (Å²) in [7, 11) is 0. The van der Waals surface area contributed by atoms with Crippen LogP contribution in [0.2, 0.25) is 0 Å². The zero-order chi connectivity index (χ0) is 14.5. The van der Waals surface area contributed by atoms with Gasteiger partial charge in [0.15, 0.2) is 5.75 Å². The monoisotopic (exact) mass is 297 g/mol. The fourth-order valence-electron chi connectivity index (χ4n) is 2.33. The molecule has 0 aliphatic carbocycles. The number of hydrogen-bond donors (Lipinski definition) is 1. The molecule has 8 nitrogen and oxygen atoms in total. The van der Waals surface area contributed by atoms with Gasteiger partial charge in [0, 0.05) is 11.8 Å². The zero-order valence-corrected chi connectivity index (χ0v) is 11.4. The molecule has 3 rings (SSSR count). The Labute approximate surface area is 117 Å². The van der Waals surface area contributed by atoms with E-state index < -0.39 is 16.4 Å². The van der Waals surface area contributed by atoms with Crippen LogP contribution >= 0.6 is 11.3 Å². The van der Waals surface area contributed by atoms with Crippen LogP contribution in [0.4, 0.5) is 5.00 Å². The summed E-state index contributed by atoms with van der Waals surface area (Å²) >= 11 is 1.00. The maximum absolute atomic E-state index is 12.0. The molecule has 0 bridgehead atoms. The third-order valence-electron chi connectivity index (χ3n) is 3.64. The average Bonchev–Trinajstić information content (AvgIpc) is 2.93. The van der Waals surface area contributed by atoms with Crippen LogP contribution in [0.25, 0.3) is 0 Å². The van der Waals surface area contributed by atoms with Crippen molar-refractivity contribution in [2.45, 2.75) is 31.8 Å². The first kappa shape index (κ1) is 13.0. The van der Waals surface area contributed by atoms with Crippen LogP contribution in [-0.4, -0.2) is 27.3 Å². The Morgan fingerprint density at radius 2 is 2.30 bits per heavy atom. The molecule has 0 radical (unpaired) electrons. The number of carbonyl (C=O) groups excluding carboxylic acids is 2. The average molecular weight is 297 g/mol. The van der Waals surface area contributed by atoms with E-state index >= 15 is 0 Å². The maximum atomic E-state index is 12.0. The molecule has 1 aromatic rings. The van der Waals surface area contributed by atoms with Gasteiger partial charge >= 0.3 is 5.00 Å². The molecule has 1 N–H and O–H groups in total. The number of thiophene rings is 1. The summed E-state index contributed by atoms with van der Waals surface area (Å²) in [6.45, 7) is 1.82. The highest BCUT2D eigenvalue weighted by atomic mass is 32.1. The number of imide groups is 1. The molecule has 9 heteroatoms. The molecule has 2 aliphatic rings. The normalized spacial score (nSPS) is 26.1. The van der Waals surface area contributed by atoms with Crippen LogP contribution in [-0.2, 0) is 16.1 Å². The van der Waals surface area contributed by atoms with E-state index in [1.807, 2.05) is 0 Å². The van der Waals surface area contributed by atoms with Crippen molar-refractivity contribution in [1.29, 1.82) is 0 Å². The van der Waals surface area contributed by atoms with E-state index in [0.29, 0.717) is 17.7 Å². The highest BCUT2D eigenvalue weighted by Crippen LogP contribution is 2.44. The Morgan fingerprint density at radius 3 is 2.95 bits per heavy atom. The minimum atomic E-state index is -1.00. The van der Waals surface area contributed by atoms with Crippen LogP contribution < -0.4 is 10.2 Å². The fourth-order valence-corrected chi connectivity index (χ4v) is 3.13. The second-order valence-electron chi connectivity index (χ2n) is 4.92. The van der Waals surface area contributed by atoms with Crippen molar-refractivity contribution in [3.8, 4) is 5.75 Å². The van der Waals surface area contributed by atoms with Gasteiger partial charge in [0.2, 0.25) is 11.8 Å². The number of nitrogens with one attached hydrogen (secondary N) is 1. The first-order chi connectivity index (χ1) is 9.41. The van der Waals surface area contributed by atoms with Crippen LogP contribution in [0.3, 0.4) is 0 Å². The summed E-state index contributed by atoms with van der Waals surface area (Å²) in [6, 6.07) is 0. The number of piperidine rings is 1. The molecule has 106 valence electrons. The van der Waals surface area contributed by atoms with Gasteiger partial charge in [-0.25, -0.2) is 0 Å². The van der Waals surface area contributed by atoms with Gasteiger partial charge in [-0.2, -0.15) is 0 Å². The number of hydroxylamine groups is 2. The SMILES string of the molecule is C[C@]1(N2Cc3c(csc3[N+](=O)[O-])O2)CCC(=O)NC1=O.